The summed E-state index contributed by atoms with van der Waals surface area (Å²) in [6, 6.07) is 4.20. The largest absolute Gasteiger partial charge is 0.496 e. The van der Waals surface area contributed by atoms with E-state index in [0.29, 0.717) is 35.7 Å². The van der Waals surface area contributed by atoms with Crippen LogP contribution in [0.3, 0.4) is 0 Å². The number of allylic oxidation sites excluding steroid dienone is 1. The lowest BCUT2D eigenvalue weighted by Crippen LogP contribution is -2.69. The van der Waals surface area contributed by atoms with E-state index in [4.69, 9.17) is 19.2 Å². The smallest absolute Gasteiger partial charge is 0.281 e. The van der Waals surface area contributed by atoms with Gasteiger partial charge in [0.15, 0.2) is 6.04 Å². The first kappa shape index (κ1) is 31.9. The van der Waals surface area contributed by atoms with Crippen molar-refractivity contribution in [3.63, 3.8) is 0 Å². The van der Waals surface area contributed by atoms with Gasteiger partial charge in [0.05, 0.1) is 25.3 Å². The molecule has 11 nitrogen and oxygen atoms in total. The second kappa shape index (κ2) is 13.2. The number of pyridine rings is 1. The Balaban J connectivity index is 1.47. The second-order valence-corrected chi connectivity index (χ2v) is 12.6. The highest BCUT2D eigenvalue weighted by atomic mass is 32.1. The number of ether oxygens (including phenoxy) is 3. The lowest BCUT2D eigenvalue weighted by molar-refractivity contribution is -0.407. The lowest BCUT2D eigenvalue weighted by atomic mass is 10.1. The quantitative estimate of drug-likeness (QED) is 0.285. The highest BCUT2D eigenvalue weighted by Gasteiger charge is 2.60. The number of amides is 3. The first-order valence-electron chi connectivity index (χ1n) is 15.5. The van der Waals surface area contributed by atoms with Crippen LogP contribution in [0.15, 0.2) is 30.4 Å². The van der Waals surface area contributed by atoms with Crippen molar-refractivity contribution in [2.45, 2.75) is 95.5 Å². The standard InChI is InChI=1S/C32H43N5O6S/c1-18(2)42-27-15-26(22-12-13-25(41-4)19(3)28(22)34-27)43-21-14-24-29(38)35-32(31(40)36-44)16-20(32)10-8-6-5-7-9-11-23(33)30(39)37(24)17-21/h8,10,12-13,15,18,20-21,23-24,44H,5-7,9,11,14,16-17,33H2,1-4H3,(H,35,38)(H,36,40)/p+1/b10-8-/t20?,21?,23-,24-,32+/m0/s1. The van der Waals surface area contributed by atoms with Crippen LogP contribution in [-0.4, -0.2) is 71.1 Å². The summed E-state index contributed by atoms with van der Waals surface area (Å²) in [6.45, 7) is 5.98. The highest BCUT2D eigenvalue weighted by Crippen LogP contribution is 2.46. The fraction of sp³-hybridized carbons (Fsp3) is 0.562. The Morgan fingerprint density at radius 1 is 1.23 bits per heavy atom. The molecule has 5 N–H and O–H groups in total. The number of benzene rings is 1. The van der Waals surface area contributed by atoms with Crippen LogP contribution in [0.5, 0.6) is 17.4 Å². The third-order valence-electron chi connectivity index (χ3n) is 8.85. The van der Waals surface area contributed by atoms with E-state index in [-0.39, 0.29) is 42.7 Å². The highest BCUT2D eigenvalue weighted by molar-refractivity contribution is 7.78. The number of aryl methyl sites for hydroxylation is 1. The number of carbonyl (C=O) groups is 3. The number of nitrogens with zero attached hydrogens (tertiary/aromatic N) is 2. The van der Waals surface area contributed by atoms with Crippen LogP contribution < -0.4 is 30.0 Å². The van der Waals surface area contributed by atoms with Crippen molar-refractivity contribution in [2.75, 3.05) is 13.7 Å². The van der Waals surface area contributed by atoms with Gasteiger partial charge in [-0.1, -0.05) is 31.4 Å². The number of fused-ring (bicyclic) bond motifs is 3. The molecule has 12 heteroatoms. The van der Waals surface area contributed by atoms with E-state index in [1.165, 1.54) is 0 Å². The zero-order valence-corrected chi connectivity index (χ0v) is 26.8. The number of hydrogen-bond acceptors (Lipinski definition) is 8. The normalized spacial score (nSPS) is 28.3. The number of nitrogens with one attached hydrogen (secondary N) is 2. The number of aromatic nitrogens is 1. The maximum absolute atomic E-state index is 13.9. The van der Waals surface area contributed by atoms with Gasteiger partial charge < -0.3 is 34.9 Å². The first-order chi connectivity index (χ1) is 21.1. The third-order valence-corrected chi connectivity index (χ3v) is 9.05. The minimum atomic E-state index is -1.09. The maximum atomic E-state index is 13.9. The molecule has 44 heavy (non-hydrogen) atoms. The average Bonchev–Trinajstić information content (AvgIpc) is 3.52. The van der Waals surface area contributed by atoms with Crippen molar-refractivity contribution in [3.8, 4) is 17.4 Å². The summed E-state index contributed by atoms with van der Waals surface area (Å²) in [5.41, 5.74) is 4.60. The fourth-order valence-electron chi connectivity index (χ4n) is 6.36. The number of rotatable bonds is 6. The summed E-state index contributed by atoms with van der Waals surface area (Å²) in [5, 5.41) is 3.76. The lowest BCUT2D eigenvalue weighted by Gasteiger charge is -2.27. The molecule has 0 bridgehead atoms. The van der Waals surface area contributed by atoms with E-state index in [9.17, 15) is 14.4 Å². The van der Waals surface area contributed by atoms with Crippen LogP contribution in [0.25, 0.3) is 10.9 Å². The van der Waals surface area contributed by atoms with Crippen LogP contribution in [0.1, 0.15) is 64.4 Å². The minimum Gasteiger partial charge on any atom is -0.496 e. The van der Waals surface area contributed by atoms with E-state index in [0.717, 1.165) is 36.6 Å². The Hall–Kier alpha value is -3.51. The van der Waals surface area contributed by atoms with Crippen molar-refractivity contribution < 1.29 is 34.3 Å². The Morgan fingerprint density at radius 2 is 2.02 bits per heavy atom. The molecule has 5 atom stereocenters. The van der Waals surface area contributed by atoms with Gasteiger partial charge >= 0.3 is 0 Å². The summed E-state index contributed by atoms with van der Waals surface area (Å²) < 4.78 is 20.5. The van der Waals surface area contributed by atoms with Crippen LogP contribution in [0.4, 0.5) is 0 Å². The molecule has 238 valence electrons. The molecule has 3 heterocycles. The molecule has 3 aliphatic rings. The van der Waals surface area contributed by atoms with Crippen molar-refractivity contribution in [1.29, 1.82) is 0 Å². The minimum absolute atomic E-state index is 0.108. The zero-order chi connectivity index (χ0) is 31.6. The van der Waals surface area contributed by atoms with Gasteiger partial charge in [-0.05, 0) is 58.6 Å². The van der Waals surface area contributed by atoms with Gasteiger partial charge in [-0.25, -0.2) is 4.98 Å². The Morgan fingerprint density at radius 3 is 2.75 bits per heavy atom. The SMILES string of the molecule is COc1ccc2c(OC3C[C@H]4C(=O)N[C@]5(C(=O)NS)CC5/C=C\CCCCC[C@H]([NH3+])C(=O)N4C3)cc(OC(C)C)nc2c1C. The zero-order valence-electron chi connectivity index (χ0n) is 25.9. The number of quaternary nitrogens is 1. The molecule has 0 spiro atoms. The van der Waals surface area contributed by atoms with Gasteiger partial charge in [0.1, 0.15) is 29.2 Å². The maximum Gasteiger partial charge on any atom is 0.281 e. The second-order valence-electron chi connectivity index (χ2n) is 12.4. The van der Waals surface area contributed by atoms with E-state index in [2.05, 4.69) is 34.7 Å². The van der Waals surface area contributed by atoms with Crippen LogP contribution in [0, 0.1) is 12.8 Å². The molecule has 1 saturated heterocycles. The van der Waals surface area contributed by atoms with Crippen molar-refractivity contribution in [2.24, 2.45) is 5.92 Å². The van der Waals surface area contributed by atoms with E-state index >= 15 is 0 Å². The number of hydrogen-bond donors (Lipinski definition) is 4. The first-order valence-corrected chi connectivity index (χ1v) is 15.9. The molecule has 5 rings (SSSR count). The van der Waals surface area contributed by atoms with Gasteiger partial charge in [-0.15, -0.1) is 0 Å². The third kappa shape index (κ3) is 6.46. The summed E-state index contributed by atoms with van der Waals surface area (Å²) in [7, 11) is 1.61. The summed E-state index contributed by atoms with van der Waals surface area (Å²) in [6.07, 6.45) is 8.57. The van der Waals surface area contributed by atoms with Crippen LogP contribution >= 0.6 is 12.8 Å². The summed E-state index contributed by atoms with van der Waals surface area (Å²) in [5.74, 6) is 0.577. The van der Waals surface area contributed by atoms with Gasteiger partial charge in [-0.3, -0.25) is 14.4 Å². The molecule has 2 aromatic rings. The molecular formula is C32H44N5O6S+. The molecule has 3 amide bonds. The number of thiol groups is 1. The topological polar surface area (TPSA) is 147 Å². The van der Waals surface area contributed by atoms with Gasteiger partial charge in [0.2, 0.25) is 11.8 Å². The van der Waals surface area contributed by atoms with Crippen molar-refractivity contribution in [3.05, 3.63) is 35.9 Å². The van der Waals surface area contributed by atoms with Crippen LogP contribution in [-0.2, 0) is 14.4 Å². The van der Waals surface area contributed by atoms with Gasteiger partial charge in [0.25, 0.3) is 11.8 Å². The van der Waals surface area contributed by atoms with E-state index in [1.807, 2.05) is 39.0 Å². The molecule has 2 aliphatic heterocycles. The Kier molecular flexibility index (Phi) is 9.59. The monoisotopic (exact) mass is 626 g/mol. The van der Waals surface area contributed by atoms with Crippen molar-refractivity contribution in [1.82, 2.24) is 19.9 Å². The van der Waals surface area contributed by atoms with Crippen molar-refractivity contribution >= 4 is 41.4 Å². The predicted molar refractivity (Wildman–Crippen MR) is 168 cm³/mol. The molecule has 0 radical (unpaired) electrons. The Bertz CT molecular complexity index is 1450. The van der Waals surface area contributed by atoms with Gasteiger partial charge in [-0.2, -0.15) is 0 Å². The molecule has 1 aromatic heterocycles. The predicted octanol–water partition coefficient (Wildman–Crippen LogP) is 2.65. The van der Waals surface area contributed by atoms with Crippen LogP contribution in [0.2, 0.25) is 0 Å². The summed E-state index contributed by atoms with van der Waals surface area (Å²) >= 11 is 3.99. The molecule has 1 aliphatic carbocycles. The molecule has 1 aromatic carbocycles. The number of methoxy groups -OCH3 is 1. The van der Waals surface area contributed by atoms with E-state index in [1.54, 1.807) is 18.1 Å². The summed E-state index contributed by atoms with van der Waals surface area (Å²) in [4.78, 5) is 46.9. The van der Waals surface area contributed by atoms with E-state index < -0.39 is 23.7 Å². The molecule has 2 fully saturated rings. The molecular weight excluding hydrogens is 582 g/mol. The average molecular weight is 627 g/mol. The fourth-order valence-corrected chi connectivity index (χ4v) is 6.56. The molecule has 1 saturated carbocycles. The molecule has 2 unspecified atom stereocenters. The van der Waals surface area contributed by atoms with Gasteiger partial charge in [0, 0.05) is 35.8 Å². The number of carbonyl (C=O) groups excluding carboxylic acids is 3. The Labute approximate surface area is 263 Å².